The van der Waals surface area contributed by atoms with Crippen LogP contribution in [0.2, 0.25) is 0 Å². The number of nitrogens with one attached hydrogen (secondary N) is 1. The van der Waals surface area contributed by atoms with E-state index < -0.39 is 16.0 Å². The number of hydrazone groups is 1. The molecule has 0 radical (unpaired) electrons. The van der Waals surface area contributed by atoms with E-state index in [1.54, 1.807) is 6.92 Å². The molecule has 7 nitrogen and oxygen atoms in total. The van der Waals surface area contributed by atoms with Crippen molar-refractivity contribution in [3.63, 3.8) is 0 Å². The first kappa shape index (κ1) is 14.1. The minimum atomic E-state index is -4.03. The SMILES string of the molecule is C/C=N/Nc1ccc(C(=O)OC)c(S(N)(=O)=O)c1. The number of esters is 1. The lowest BCUT2D eigenvalue weighted by Crippen LogP contribution is -2.17. The summed E-state index contributed by atoms with van der Waals surface area (Å²) in [6.45, 7) is 1.69. The second kappa shape index (κ2) is 5.61. The Morgan fingerprint density at radius 2 is 2.17 bits per heavy atom. The zero-order chi connectivity index (χ0) is 13.8. The molecule has 0 amide bonds. The molecule has 0 unspecified atom stereocenters. The van der Waals surface area contributed by atoms with E-state index in [9.17, 15) is 13.2 Å². The zero-order valence-electron chi connectivity index (χ0n) is 9.88. The van der Waals surface area contributed by atoms with Crippen LogP contribution in [-0.4, -0.2) is 27.7 Å². The van der Waals surface area contributed by atoms with E-state index >= 15 is 0 Å². The number of carbonyl (C=O) groups is 1. The molecule has 0 aliphatic heterocycles. The molecule has 1 aromatic carbocycles. The van der Waals surface area contributed by atoms with E-state index in [-0.39, 0.29) is 10.5 Å². The number of ether oxygens (including phenoxy) is 1. The number of carbonyl (C=O) groups excluding carboxylic acids is 1. The number of sulfonamides is 1. The third-order valence-corrected chi connectivity index (χ3v) is 2.97. The van der Waals surface area contributed by atoms with Gasteiger partial charge in [-0.1, -0.05) is 0 Å². The molecule has 0 aliphatic rings. The van der Waals surface area contributed by atoms with Crippen LogP contribution in [0, 0.1) is 0 Å². The molecule has 3 N–H and O–H groups in total. The van der Waals surface area contributed by atoms with Gasteiger partial charge in [0.05, 0.1) is 23.3 Å². The maximum Gasteiger partial charge on any atom is 0.339 e. The number of primary sulfonamides is 1. The quantitative estimate of drug-likeness (QED) is 0.471. The van der Waals surface area contributed by atoms with Crippen LogP contribution in [0.5, 0.6) is 0 Å². The fraction of sp³-hybridized carbons (Fsp3) is 0.200. The van der Waals surface area contributed by atoms with Gasteiger partial charge in [-0.05, 0) is 25.1 Å². The van der Waals surface area contributed by atoms with Gasteiger partial charge >= 0.3 is 5.97 Å². The minimum Gasteiger partial charge on any atom is -0.465 e. The van der Waals surface area contributed by atoms with Gasteiger partial charge in [0.1, 0.15) is 0 Å². The fourth-order valence-electron chi connectivity index (χ4n) is 1.24. The molecule has 0 saturated heterocycles. The summed E-state index contributed by atoms with van der Waals surface area (Å²) in [6, 6.07) is 4.02. The summed E-state index contributed by atoms with van der Waals surface area (Å²) >= 11 is 0. The highest BCUT2D eigenvalue weighted by atomic mass is 32.2. The Labute approximate surface area is 105 Å². The number of nitrogens with two attached hydrogens (primary N) is 1. The molecule has 1 rings (SSSR count). The molecule has 0 fully saturated rings. The minimum absolute atomic E-state index is 0.119. The first-order valence-electron chi connectivity index (χ1n) is 4.89. The number of nitrogens with zero attached hydrogens (tertiary/aromatic N) is 1. The summed E-state index contributed by atoms with van der Waals surface area (Å²) < 4.78 is 27.3. The molecule has 1 aromatic rings. The lowest BCUT2D eigenvalue weighted by atomic mass is 10.2. The van der Waals surface area contributed by atoms with Crippen LogP contribution in [0.15, 0.2) is 28.2 Å². The van der Waals surface area contributed by atoms with Gasteiger partial charge in [0.25, 0.3) is 0 Å². The van der Waals surface area contributed by atoms with Crippen molar-refractivity contribution < 1.29 is 17.9 Å². The third kappa shape index (κ3) is 3.28. The van der Waals surface area contributed by atoms with Gasteiger partial charge in [0.2, 0.25) is 10.0 Å². The molecule has 0 saturated carbocycles. The van der Waals surface area contributed by atoms with Gasteiger partial charge < -0.3 is 4.74 Å². The van der Waals surface area contributed by atoms with Gasteiger partial charge in [0.15, 0.2) is 0 Å². The number of hydrogen-bond acceptors (Lipinski definition) is 6. The van der Waals surface area contributed by atoms with Crippen molar-refractivity contribution in [2.75, 3.05) is 12.5 Å². The number of anilines is 1. The second-order valence-corrected chi connectivity index (χ2v) is 4.78. The van der Waals surface area contributed by atoms with Crippen LogP contribution in [0.1, 0.15) is 17.3 Å². The molecule has 0 aromatic heterocycles. The molecule has 0 bridgehead atoms. The Bertz CT molecular complexity index is 581. The van der Waals surface area contributed by atoms with E-state index in [2.05, 4.69) is 15.3 Å². The highest BCUT2D eigenvalue weighted by Crippen LogP contribution is 2.20. The van der Waals surface area contributed by atoms with Crippen LogP contribution in [-0.2, 0) is 14.8 Å². The van der Waals surface area contributed by atoms with E-state index in [1.165, 1.54) is 24.4 Å². The summed E-state index contributed by atoms with van der Waals surface area (Å²) in [5.74, 6) is -0.774. The molecule has 0 heterocycles. The molecular weight excluding hydrogens is 258 g/mol. The summed E-state index contributed by atoms with van der Waals surface area (Å²) in [5, 5.41) is 8.78. The van der Waals surface area contributed by atoms with Crippen LogP contribution in [0.25, 0.3) is 0 Å². The monoisotopic (exact) mass is 271 g/mol. The van der Waals surface area contributed by atoms with Gasteiger partial charge in [-0.2, -0.15) is 5.10 Å². The van der Waals surface area contributed by atoms with E-state index in [1.807, 2.05) is 0 Å². The summed E-state index contributed by atoms with van der Waals surface area (Å²) in [4.78, 5) is 11.1. The first-order valence-corrected chi connectivity index (χ1v) is 6.43. The van der Waals surface area contributed by atoms with Crippen LogP contribution in [0.4, 0.5) is 5.69 Å². The third-order valence-electron chi connectivity index (χ3n) is 2.02. The number of hydrogen-bond donors (Lipinski definition) is 2. The van der Waals surface area contributed by atoms with E-state index in [4.69, 9.17) is 5.14 Å². The highest BCUT2D eigenvalue weighted by molar-refractivity contribution is 7.89. The van der Waals surface area contributed by atoms with Crippen LogP contribution < -0.4 is 10.6 Å². The van der Waals surface area contributed by atoms with Crippen molar-refractivity contribution in [3.8, 4) is 0 Å². The molecule has 18 heavy (non-hydrogen) atoms. The van der Waals surface area contributed by atoms with Gasteiger partial charge in [-0.3, -0.25) is 5.43 Å². The Hall–Kier alpha value is -1.93. The average molecular weight is 271 g/mol. The van der Waals surface area contributed by atoms with Gasteiger partial charge in [-0.15, -0.1) is 0 Å². The highest BCUT2D eigenvalue weighted by Gasteiger charge is 2.20. The zero-order valence-corrected chi connectivity index (χ0v) is 10.7. The first-order chi connectivity index (χ1) is 8.40. The van der Waals surface area contributed by atoms with Crippen molar-refractivity contribution >= 4 is 27.9 Å². The van der Waals surface area contributed by atoms with Crippen molar-refractivity contribution in [1.82, 2.24) is 0 Å². The predicted octanol–water partition coefficient (Wildman–Crippen LogP) is 0.538. The Kier molecular flexibility index (Phi) is 4.40. The predicted molar refractivity (Wildman–Crippen MR) is 66.9 cm³/mol. The van der Waals surface area contributed by atoms with Crippen LogP contribution >= 0.6 is 0 Å². The summed E-state index contributed by atoms with van der Waals surface area (Å²) in [5.41, 5.74) is 2.86. The topological polar surface area (TPSA) is 111 Å². The van der Waals surface area contributed by atoms with Crippen molar-refractivity contribution in [2.24, 2.45) is 10.2 Å². The Morgan fingerprint density at radius 3 is 2.67 bits per heavy atom. The maximum atomic E-state index is 11.4. The average Bonchev–Trinajstić information content (AvgIpc) is 2.34. The molecule has 98 valence electrons. The normalized spacial score (nSPS) is 11.5. The van der Waals surface area contributed by atoms with Gasteiger partial charge in [0, 0.05) is 6.21 Å². The van der Waals surface area contributed by atoms with Gasteiger partial charge in [-0.25, -0.2) is 18.4 Å². The number of benzene rings is 1. The lowest BCUT2D eigenvalue weighted by Gasteiger charge is -2.08. The second-order valence-electron chi connectivity index (χ2n) is 3.25. The number of rotatable bonds is 4. The Balaban J connectivity index is 3.34. The number of methoxy groups -OCH3 is 1. The smallest absolute Gasteiger partial charge is 0.339 e. The molecular formula is C10H13N3O4S. The summed E-state index contributed by atoms with van der Waals surface area (Å²) in [7, 11) is -2.87. The lowest BCUT2D eigenvalue weighted by molar-refractivity contribution is 0.0596. The van der Waals surface area contributed by atoms with Crippen molar-refractivity contribution in [1.29, 1.82) is 0 Å². The van der Waals surface area contributed by atoms with Crippen LogP contribution in [0.3, 0.4) is 0 Å². The largest absolute Gasteiger partial charge is 0.465 e. The Morgan fingerprint density at radius 1 is 1.50 bits per heavy atom. The maximum absolute atomic E-state index is 11.4. The molecule has 8 heteroatoms. The van der Waals surface area contributed by atoms with E-state index in [0.717, 1.165) is 7.11 Å². The van der Waals surface area contributed by atoms with E-state index in [0.29, 0.717) is 5.69 Å². The fourth-order valence-corrected chi connectivity index (χ4v) is 1.99. The standard InChI is InChI=1S/C10H13N3O4S/c1-3-12-13-7-4-5-8(10(14)17-2)9(6-7)18(11,15)16/h3-6,13H,1-2H3,(H2,11,15,16)/b12-3+. The molecule has 0 aliphatic carbocycles. The summed E-state index contributed by atoms with van der Waals surface area (Å²) in [6.07, 6.45) is 1.49. The van der Waals surface area contributed by atoms with Crippen molar-refractivity contribution in [2.45, 2.75) is 11.8 Å². The molecule has 0 spiro atoms. The van der Waals surface area contributed by atoms with Crippen molar-refractivity contribution in [3.05, 3.63) is 23.8 Å². The molecule has 0 atom stereocenters.